The smallest absolute Gasteiger partial charge is 0.277 e. The molecule has 3 N–H and O–H groups in total. The average Bonchev–Trinajstić information content (AvgIpc) is 2.59. The van der Waals surface area contributed by atoms with Gasteiger partial charge in [0.1, 0.15) is 5.39 Å². The molecule has 3 rings (SSSR count). The summed E-state index contributed by atoms with van der Waals surface area (Å²) in [6, 6.07) is 9.43. The van der Waals surface area contributed by atoms with Crippen molar-refractivity contribution in [1.82, 2.24) is 15.2 Å². The first-order valence-corrected chi connectivity index (χ1v) is 8.69. The second kappa shape index (κ2) is 7.05. The lowest BCUT2D eigenvalue weighted by atomic mass is 10.1. The zero-order valence-electron chi connectivity index (χ0n) is 12.9. The Balaban J connectivity index is 1.99. The fraction of sp³-hybridized carbons (Fsp3) is 0.188. The topological polar surface area (TPSA) is 108 Å². The van der Waals surface area contributed by atoms with Crippen molar-refractivity contribution in [2.75, 3.05) is 13.3 Å². The Kier molecular flexibility index (Phi) is 4.85. The normalized spacial score (nSPS) is 11.2. The maximum absolute atomic E-state index is 11.9. The van der Waals surface area contributed by atoms with E-state index in [1.165, 1.54) is 7.11 Å². The van der Waals surface area contributed by atoms with Crippen molar-refractivity contribution in [2.24, 2.45) is 0 Å². The molecule has 0 amide bonds. The Bertz CT molecular complexity index is 909. The number of methoxy groups -OCH3 is 1. The molecule has 0 unspecified atom stereocenters. The van der Waals surface area contributed by atoms with Crippen LogP contribution < -0.4 is 10.3 Å². The standard InChI is InChI=1S/C16H16N3O4P/c1-23-16-14-12(9-17-19-15(14)20)8-13(18-16)11-4-2-10(3-5-11)6-7-24(21)22/h2-5,8-9,21-22H,6-7H2,1H3,(H,19,20). The molecule has 0 aliphatic heterocycles. The van der Waals surface area contributed by atoms with E-state index in [1.807, 2.05) is 24.3 Å². The number of pyridine rings is 1. The van der Waals surface area contributed by atoms with Crippen LogP contribution in [0.3, 0.4) is 0 Å². The Morgan fingerprint density at radius 3 is 2.67 bits per heavy atom. The lowest BCUT2D eigenvalue weighted by Crippen LogP contribution is -2.10. The van der Waals surface area contributed by atoms with Crippen LogP contribution in [0.15, 0.2) is 41.3 Å². The fourth-order valence-corrected chi connectivity index (χ4v) is 2.91. The van der Waals surface area contributed by atoms with Gasteiger partial charge in [-0.25, -0.2) is 10.1 Å². The van der Waals surface area contributed by atoms with Gasteiger partial charge in [0.25, 0.3) is 5.56 Å². The predicted octanol–water partition coefficient (Wildman–Crippen LogP) is 1.83. The van der Waals surface area contributed by atoms with Crippen molar-refractivity contribution in [3.8, 4) is 17.1 Å². The third-order valence-electron chi connectivity index (χ3n) is 3.66. The molecule has 3 aromatic rings. The SMILES string of the molecule is COc1nc(-c2ccc(CCP(O)O)cc2)cc2cn[nH]c(=O)c12. The zero-order valence-corrected chi connectivity index (χ0v) is 13.8. The highest BCUT2D eigenvalue weighted by atomic mass is 31.2. The number of hydrogen-bond donors (Lipinski definition) is 3. The van der Waals surface area contributed by atoms with Gasteiger partial charge in [-0.1, -0.05) is 24.3 Å². The van der Waals surface area contributed by atoms with Gasteiger partial charge >= 0.3 is 0 Å². The maximum Gasteiger partial charge on any atom is 0.277 e. The number of fused-ring (bicyclic) bond motifs is 1. The molecule has 1 aromatic carbocycles. The van der Waals surface area contributed by atoms with E-state index in [0.29, 0.717) is 29.0 Å². The minimum Gasteiger partial charge on any atom is -0.480 e. The molecule has 0 aliphatic carbocycles. The van der Waals surface area contributed by atoms with Crippen LogP contribution >= 0.6 is 8.38 Å². The maximum atomic E-state index is 11.9. The van der Waals surface area contributed by atoms with Crippen molar-refractivity contribution in [3.05, 3.63) is 52.4 Å². The van der Waals surface area contributed by atoms with Crippen LogP contribution in [0, 0.1) is 0 Å². The first kappa shape index (κ1) is 16.5. The lowest BCUT2D eigenvalue weighted by molar-refractivity contribution is 0.403. The molecule has 24 heavy (non-hydrogen) atoms. The number of H-pyrrole nitrogens is 1. The van der Waals surface area contributed by atoms with Crippen LogP contribution in [0.25, 0.3) is 22.0 Å². The molecule has 7 nitrogen and oxygen atoms in total. The van der Waals surface area contributed by atoms with Crippen molar-refractivity contribution >= 4 is 19.1 Å². The molecule has 0 radical (unpaired) electrons. The van der Waals surface area contributed by atoms with E-state index in [4.69, 9.17) is 14.5 Å². The van der Waals surface area contributed by atoms with E-state index in [0.717, 1.165) is 11.1 Å². The van der Waals surface area contributed by atoms with Gasteiger partial charge < -0.3 is 14.5 Å². The average molecular weight is 345 g/mol. The molecule has 0 saturated heterocycles. The summed E-state index contributed by atoms with van der Waals surface area (Å²) in [5.41, 5.74) is 2.21. The van der Waals surface area contributed by atoms with Crippen LogP contribution in [0.4, 0.5) is 0 Å². The highest BCUT2D eigenvalue weighted by Crippen LogP contribution is 2.28. The van der Waals surface area contributed by atoms with Gasteiger partial charge in [0.2, 0.25) is 5.88 Å². The predicted molar refractivity (Wildman–Crippen MR) is 92.1 cm³/mol. The third kappa shape index (κ3) is 3.43. The summed E-state index contributed by atoms with van der Waals surface area (Å²) in [6.07, 6.45) is 2.52. The van der Waals surface area contributed by atoms with Crippen LogP contribution in [-0.4, -0.2) is 38.2 Å². The van der Waals surface area contributed by atoms with E-state index < -0.39 is 8.38 Å². The minimum atomic E-state index is -1.87. The molecule has 2 aromatic heterocycles. The quantitative estimate of drug-likeness (QED) is 0.609. The summed E-state index contributed by atoms with van der Waals surface area (Å²) in [5.74, 6) is 0.251. The van der Waals surface area contributed by atoms with Gasteiger partial charge in [0, 0.05) is 17.1 Å². The second-order valence-electron chi connectivity index (χ2n) is 5.22. The van der Waals surface area contributed by atoms with Gasteiger partial charge in [-0.2, -0.15) is 5.10 Å². The summed E-state index contributed by atoms with van der Waals surface area (Å²) >= 11 is 0. The molecule has 2 heterocycles. The first-order chi connectivity index (χ1) is 11.6. The molecule has 8 heteroatoms. The minimum absolute atomic E-state index is 0.251. The number of aromatic amines is 1. The van der Waals surface area contributed by atoms with Crippen molar-refractivity contribution in [3.63, 3.8) is 0 Å². The Morgan fingerprint density at radius 1 is 1.25 bits per heavy atom. The molecule has 0 saturated carbocycles. The Labute approximate surface area is 138 Å². The molecule has 0 fully saturated rings. The number of nitrogens with one attached hydrogen (secondary N) is 1. The van der Waals surface area contributed by atoms with Gasteiger partial charge in [-0.3, -0.25) is 4.79 Å². The number of aryl methyl sites for hydroxylation is 1. The molecule has 0 bridgehead atoms. The summed E-state index contributed by atoms with van der Waals surface area (Å²) in [4.78, 5) is 34.3. The van der Waals surface area contributed by atoms with Gasteiger partial charge in [0.15, 0.2) is 8.38 Å². The van der Waals surface area contributed by atoms with E-state index in [2.05, 4.69) is 15.2 Å². The molecule has 124 valence electrons. The van der Waals surface area contributed by atoms with Gasteiger partial charge in [-0.15, -0.1) is 0 Å². The first-order valence-electron chi connectivity index (χ1n) is 7.25. The van der Waals surface area contributed by atoms with Crippen LogP contribution in [0.1, 0.15) is 5.56 Å². The lowest BCUT2D eigenvalue weighted by Gasteiger charge is -2.08. The number of benzene rings is 1. The highest BCUT2D eigenvalue weighted by molar-refractivity contribution is 7.45. The van der Waals surface area contributed by atoms with E-state index >= 15 is 0 Å². The van der Waals surface area contributed by atoms with E-state index in [1.54, 1.807) is 12.3 Å². The van der Waals surface area contributed by atoms with Crippen molar-refractivity contribution in [2.45, 2.75) is 6.42 Å². The van der Waals surface area contributed by atoms with Crippen LogP contribution in [-0.2, 0) is 6.42 Å². The molecular weight excluding hydrogens is 329 g/mol. The highest BCUT2D eigenvalue weighted by Gasteiger charge is 2.11. The Hall–Kier alpha value is -2.34. The fourth-order valence-electron chi connectivity index (χ4n) is 2.45. The molecule has 0 atom stereocenters. The third-order valence-corrected chi connectivity index (χ3v) is 4.28. The second-order valence-corrected chi connectivity index (χ2v) is 6.41. The zero-order chi connectivity index (χ0) is 17.1. The molecule has 0 spiro atoms. The van der Waals surface area contributed by atoms with Crippen molar-refractivity contribution in [1.29, 1.82) is 0 Å². The van der Waals surface area contributed by atoms with Crippen molar-refractivity contribution < 1.29 is 14.5 Å². The number of nitrogens with zero attached hydrogens (tertiary/aromatic N) is 2. The summed E-state index contributed by atoms with van der Waals surface area (Å²) in [7, 11) is -0.405. The molecular formula is C16H16N3O4P. The van der Waals surface area contributed by atoms with E-state index in [-0.39, 0.29) is 11.4 Å². The summed E-state index contributed by atoms with van der Waals surface area (Å²) in [6.45, 7) is 0. The largest absolute Gasteiger partial charge is 0.480 e. The summed E-state index contributed by atoms with van der Waals surface area (Å²) in [5, 5.41) is 7.20. The number of aromatic nitrogens is 3. The van der Waals surface area contributed by atoms with Gasteiger partial charge in [-0.05, 0) is 18.1 Å². The monoisotopic (exact) mass is 345 g/mol. The van der Waals surface area contributed by atoms with Crippen LogP contribution in [0.5, 0.6) is 5.88 Å². The number of hydrogen-bond acceptors (Lipinski definition) is 6. The number of rotatable bonds is 5. The van der Waals surface area contributed by atoms with Crippen LogP contribution in [0.2, 0.25) is 0 Å². The molecule has 0 aliphatic rings. The van der Waals surface area contributed by atoms with E-state index in [9.17, 15) is 4.79 Å². The number of ether oxygens (including phenoxy) is 1. The summed E-state index contributed by atoms with van der Waals surface area (Å²) < 4.78 is 5.25. The van der Waals surface area contributed by atoms with Gasteiger partial charge in [0.05, 0.1) is 19.0 Å². The Morgan fingerprint density at radius 2 is 2.00 bits per heavy atom.